The SMILES string of the molecule is CC1CN2CCCC2CN1C(=O)CC(C)(C)C(=O)O. The standard InChI is InChI=1S/C14H24N2O3/c1-10-8-15-6-4-5-11(15)9-16(10)12(17)7-14(2,3)13(18)19/h10-11H,4-9H2,1-3H3,(H,18,19). The third-order valence-corrected chi connectivity index (χ3v) is 4.43. The van der Waals surface area contributed by atoms with Crippen LogP contribution in [0.4, 0.5) is 0 Å². The van der Waals surface area contributed by atoms with Crippen LogP contribution in [0.3, 0.4) is 0 Å². The van der Waals surface area contributed by atoms with Crippen molar-refractivity contribution >= 4 is 11.9 Å². The summed E-state index contributed by atoms with van der Waals surface area (Å²) in [4.78, 5) is 27.8. The Morgan fingerprint density at radius 2 is 2.00 bits per heavy atom. The molecule has 0 radical (unpaired) electrons. The Morgan fingerprint density at radius 3 is 2.63 bits per heavy atom. The molecule has 0 aromatic rings. The van der Waals surface area contributed by atoms with Gasteiger partial charge in [0, 0.05) is 31.6 Å². The minimum absolute atomic E-state index is 0.0218. The molecule has 5 heteroatoms. The van der Waals surface area contributed by atoms with Gasteiger partial charge in [0.15, 0.2) is 0 Å². The van der Waals surface area contributed by atoms with E-state index in [0.29, 0.717) is 6.04 Å². The fourth-order valence-corrected chi connectivity index (χ4v) is 3.09. The molecule has 0 bridgehead atoms. The van der Waals surface area contributed by atoms with Crippen molar-refractivity contribution in [2.24, 2.45) is 5.41 Å². The minimum atomic E-state index is -0.983. The molecule has 0 spiro atoms. The van der Waals surface area contributed by atoms with E-state index in [1.54, 1.807) is 13.8 Å². The summed E-state index contributed by atoms with van der Waals surface area (Å²) in [5, 5.41) is 9.13. The van der Waals surface area contributed by atoms with E-state index in [1.165, 1.54) is 6.42 Å². The fraction of sp³-hybridized carbons (Fsp3) is 0.857. The average Bonchev–Trinajstić information content (AvgIpc) is 2.73. The Bertz CT molecular complexity index is 381. The van der Waals surface area contributed by atoms with E-state index in [1.807, 2.05) is 4.90 Å². The molecule has 2 aliphatic rings. The number of hydrogen-bond donors (Lipinski definition) is 1. The van der Waals surface area contributed by atoms with Crippen LogP contribution in [0, 0.1) is 5.41 Å². The van der Waals surface area contributed by atoms with Gasteiger partial charge in [-0.05, 0) is 40.2 Å². The van der Waals surface area contributed by atoms with Crippen molar-refractivity contribution in [2.45, 2.75) is 52.1 Å². The highest BCUT2D eigenvalue weighted by Gasteiger charge is 2.39. The van der Waals surface area contributed by atoms with Crippen LogP contribution in [0.25, 0.3) is 0 Å². The number of piperazine rings is 1. The summed E-state index contributed by atoms with van der Waals surface area (Å²) in [6.07, 6.45) is 2.44. The molecule has 0 aromatic carbocycles. The van der Waals surface area contributed by atoms with Gasteiger partial charge < -0.3 is 10.0 Å². The molecule has 0 aliphatic carbocycles. The van der Waals surface area contributed by atoms with E-state index in [9.17, 15) is 9.59 Å². The zero-order valence-corrected chi connectivity index (χ0v) is 12.1. The van der Waals surface area contributed by atoms with Gasteiger partial charge in [-0.15, -0.1) is 0 Å². The van der Waals surface area contributed by atoms with Gasteiger partial charge in [-0.2, -0.15) is 0 Å². The van der Waals surface area contributed by atoms with Crippen molar-refractivity contribution in [1.82, 2.24) is 9.80 Å². The first kappa shape index (κ1) is 14.3. The number of rotatable bonds is 3. The van der Waals surface area contributed by atoms with Gasteiger partial charge in [0.25, 0.3) is 0 Å². The molecule has 108 valence electrons. The first-order chi connectivity index (χ1) is 8.81. The van der Waals surface area contributed by atoms with E-state index in [2.05, 4.69) is 11.8 Å². The third kappa shape index (κ3) is 2.91. The van der Waals surface area contributed by atoms with Crippen molar-refractivity contribution in [3.8, 4) is 0 Å². The van der Waals surface area contributed by atoms with E-state index >= 15 is 0 Å². The quantitative estimate of drug-likeness (QED) is 0.835. The van der Waals surface area contributed by atoms with E-state index < -0.39 is 11.4 Å². The van der Waals surface area contributed by atoms with Gasteiger partial charge >= 0.3 is 5.97 Å². The summed E-state index contributed by atoms with van der Waals surface area (Å²) in [7, 11) is 0. The van der Waals surface area contributed by atoms with Gasteiger partial charge in [0.2, 0.25) is 5.91 Å². The Hall–Kier alpha value is -1.10. The Balaban J connectivity index is 2.00. The molecule has 1 amide bonds. The van der Waals surface area contributed by atoms with Crippen LogP contribution in [0.15, 0.2) is 0 Å². The van der Waals surface area contributed by atoms with Crippen LogP contribution < -0.4 is 0 Å². The first-order valence-corrected chi connectivity index (χ1v) is 7.08. The molecule has 2 saturated heterocycles. The van der Waals surface area contributed by atoms with Crippen molar-refractivity contribution < 1.29 is 14.7 Å². The molecule has 2 rings (SSSR count). The lowest BCUT2D eigenvalue weighted by Crippen LogP contribution is -2.57. The van der Waals surface area contributed by atoms with Gasteiger partial charge in [-0.1, -0.05) is 0 Å². The van der Waals surface area contributed by atoms with Gasteiger partial charge in [0.1, 0.15) is 0 Å². The maximum atomic E-state index is 12.4. The zero-order chi connectivity index (χ0) is 14.2. The lowest BCUT2D eigenvalue weighted by molar-refractivity contribution is -0.153. The topological polar surface area (TPSA) is 60.9 Å². The third-order valence-electron chi connectivity index (χ3n) is 4.43. The fourth-order valence-electron chi connectivity index (χ4n) is 3.09. The molecular weight excluding hydrogens is 244 g/mol. The van der Waals surface area contributed by atoms with E-state index in [0.717, 1.165) is 26.1 Å². The van der Waals surface area contributed by atoms with E-state index in [4.69, 9.17) is 5.11 Å². The predicted molar refractivity (Wildman–Crippen MR) is 71.8 cm³/mol. The normalized spacial score (nSPS) is 28.3. The summed E-state index contributed by atoms with van der Waals surface area (Å²) in [5.41, 5.74) is -0.983. The van der Waals surface area contributed by atoms with Crippen molar-refractivity contribution in [2.75, 3.05) is 19.6 Å². The Labute approximate surface area is 114 Å². The molecule has 19 heavy (non-hydrogen) atoms. The molecule has 2 aliphatic heterocycles. The van der Waals surface area contributed by atoms with Crippen LogP contribution in [0.1, 0.15) is 40.0 Å². The maximum Gasteiger partial charge on any atom is 0.309 e. The van der Waals surface area contributed by atoms with Gasteiger partial charge in [-0.3, -0.25) is 14.5 Å². The molecule has 1 N–H and O–H groups in total. The minimum Gasteiger partial charge on any atom is -0.481 e. The summed E-state index contributed by atoms with van der Waals surface area (Å²) < 4.78 is 0. The predicted octanol–water partition coefficient (Wildman–Crippen LogP) is 1.18. The monoisotopic (exact) mass is 268 g/mol. The Morgan fingerprint density at radius 1 is 1.32 bits per heavy atom. The van der Waals surface area contributed by atoms with Crippen LogP contribution in [0.2, 0.25) is 0 Å². The average molecular weight is 268 g/mol. The summed E-state index contributed by atoms with van der Waals surface area (Å²) in [6.45, 7) is 8.10. The lowest BCUT2D eigenvalue weighted by atomic mass is 9.88. The molecular formula is C14H24N2O3. The molecule has 2 fully saturated rings. The van der Waals surface area contributed by atoms with Gasteiger partial charge in [0.05, 0.1) is 5.41 Å². The summed E-state index contributed by atoms with van der Waals surface area (Å²) >= 11 is 0. The summed E-state index contributed by atoms with van der Waals surface area (Å²) in [6, 6.07) is 0.666. The zero-order valence-electron chi connectivity index (χ0n) is 12.1. The second-order valence-corrected chi connectivity index (χ2v) is 6.55. The number of fused-ring (bicyclic) bond motifs is 1. The van der Waals surface area contributed by atoms with Crippen molar-refractivity contribution in [3.63, 3.8) is 0 Å². The lowest BCUT2D eigenvalue weighted by Gasteiger charge is -2.43. The highest BCUT2D eigenvalue weighted by molar-refractivity contribution is 5.84. The second-order valence-electron chi connectivity index (χ2n) is 6.55. The van der Waals surface area contributed by atoms with Gasteiger partial charge in [-0.25, -0.2) is 0 Å². The highest BCUT2D eigenvalue weighted by Crippen LogP contribution is 2.28. The number of carboxylic acid groups (broad SMARTS) is 1. The largest absolute Gasteiger partial charge is 0.481 e. The summed E-state index contributed by atoms with van der Waals surface area (Å²) in [5.74, 6) is -0.931. The van der Waals surface area contributed by atoms with Crippen LogP contribution in [-0.2, 0) is 9.59 Å². The van der Waals surface area contributed by atoms with E-state index in [-0.39, 0.29) is 18.4 Å². The molecule has 2 atom stereocenters. The molecule has 2 heterocycles. The number of hydrogen-bond acceptors (Lipinski definition) is 3. The van der Waals surface area contributed by atoms with Crippen LogP contribution in [0.5, 0.6) is 0 Å². The number of carboxylic acids is 1. The molecule has 0 saturated carbocycles. The maximum absolute atomic E-state index is 12.4. The number of carbonyl (C=O) groups excluding carboxylic acids is 1. The smallest absolute Gasteiger partial charge is 0.309 e. The van der Waals surface area contributed by atoms with Crippen molar-refractivity contribution in [3.05, 3.63) is 0 Å². The van der Waals surface area contributed by atoms with Crippen LogP contribution >= 0.6 is 0 Å². The molecule has 5 nitrogen and oxygen atoms in total. The number of carbonyl (C=O) groups is 2. The Kier molecular flexibility index (Phi) is 3.85. The molecule has 2 unspecified atom stereocenters. The van der Waals surface area contributed by atoms with Crippen molar-refractivity contribution in [1.29, 1.82) is 0 Å². The second kappa shape index (κ2) is 5.12. The number of nitrogens with zero attached hydrogens (tertiary/aromatic N) is 2. The first-order valence-electron chi connectivity index (χ1n) is 7.08. The number of amides is 1. The van der Waals surface area contributed by atoms with Crippen LogP contribution in [-0.4, -0.2) is 58.5 Å². The number of aliphatic carboxylic acids is 1. The highest BCUT2D eigenvalue weighted by atomic mass is 16.4. The molecule has 0 aromatic heterocycles.